The number of quaternary nitrogens is 1. The van der Waals surface area contributed by atoms with E-state index in [4.69, 9.17) is 4.99 Å². The average molecular weight is 464 g/mol. The molecule has 2 saturated heterocycles. The second kappa shape index (κ2) is 10.4. The Hall–Kier alpha value is -2.55. The van der Waals surface area contributed by atoms with E-state index in [2.05, 4.69) is 67.9 Å². The van der Waals surface area contributed by atoms with Crippen molar-refractivity contribution >= 4 is 11.9 Å². The summed E-state index contributed by atoms with van der Waals surface area (Å²) >= 11 is 0. The molecule has 0 atom stereocenters. The number of nitrogens with zero attached hydrogens (tertiary/aromatic N) is 8. The second-order valence-corrected chi connectivity index (χ2v) is 10.3. The van der Waals surface area contributed by atoms with Crippen LogP contribution in [0.15, 0.2) is 47.7 Å². The van der Waals surface area contributed by atoms with Crippen LogP contribution in [0.4, 0.5) is 5.95 Å². The summed E-state index contributed by atoms with van der Waals surface area (Å²) in [7, 11) is 4.59. The Balaban J connectivity index is 1.07. The molecule has 8 heteroatoms. The van der Waals surface area contributed by atoms with E-state index in [1.165, 1.54) is 30.1 Å². The number of hydrogen-bond donors (Lipinski definition) is 0. The molecule has 0 saturated carbocycles. The van der Waals surface area contributed by atoms with Gasteiger partial charge < -0.3 is 9.80 Å². The van der Waals surface area contributed by atoms with Gasteiger partial charge >= 0.3 is 0 Å². The summed E-state index contributed by atoms with van der Waals surface area (Å²) in [4.78, 5) is 23.6. The maximum absolute atomic E-state index is 4.88. The molecule has 3 aliphatic rings. The molecule has 0 radical (unpaired) electrons. The molecule has 4 heterocycles. The third-order valence-electron chi connectivity index (χ3n) is 7.37. The SMILES string of the molecule is C[N+]1(C)CCCN=C1N1CCN(Cc2ccc(CN3CCN(c4ncccn4)CC3)cc2)CC1. The van der Waals surface area contributed by atoms with Crippen LogP contribution in [-0.2, 0) is 13.1 Å². The molecule has 0 bridgehead atoms. The molecule has 0 N–H and O–H groups in total. The minimum atomic E-state index is 0.849. The minimum Gasteiger partial charge on any atom is -0.338 e. The van der Waals surface area contributed by atoms with Gasteiger partial charge in [0.25, 0.3) is 5.96 Å². The lowest BCUT2D eigenvalue weighted by molar-refractivity contribution is -0.807. The third-order valence-corrected chi connectivity index (χ3v) is 7.37. The molecular weight excluding hydrogens is 424 g/mol. The van der Waals surface area contributed by atoms with Gasteiger partial charge in [-0.1, -0.05) is 24.3 Å². The minimum absolute atomic E-state index is 0.849. The predicted octanol–water partition coefficient (Wildman–Crippen LogP) is 1.75. The van der Waals surface area contributed by atoms with E-state index in [0.717, 1.165) is 82.4 Å². The Labute approximate surface area is 204 Å². The summed E-state index contributed by atoms with van der Waals surface area (Å²) in [6.07, 6.45) is 4.84. The summed E-state index contributed by atoms with van der Waals surface area (Å²) in [5, 5.41) is 0. The molecule has 5 rings (SSSR count). The van der Waals surface area contributed by atoms with E-state index in [-0.39, 0.29) is 0 Å². The van der Waals surface area contributed by atoms with Crippen LogP contribution in [0.25, 0.3) is 0 Å². The van der Waals surface area contributed by atoms with Crippen LogP contribution in [0, 0.1) is 0 Å². The Morgan fingerprint density at radius 3 is 1.79 bits per heavy atom. The quantitative estimate of drug-likeness (QED) is 0.630. The van der Waals surface area contributed by atoms with Crippen LogP contribution < -0.4 is 4.90 Å². The fourth-order valence-corrected chi connectivity index (χ4v) is 5.35. The highest BCUT2D eigenvalue weighted by Crippen LogP contribution is 2.17. The second-order valence-electron chi connectivity index (χ2n) is 10.3. The zero-order chi connectivity index (χ0) is 23.4. The van der Waals surface area contributed by atoms with Gasteiger partial charge in [-0.15, -0.1) is 0 Å². The Morgan fingerprint density at radius 1 is 0.735 bits per heavy atom. The Morgan fingerprint density at radius 2 is 1.26 bits per heavy atom. The van der Waals surface area contributed by atoms with E-state index in [0.29, 0.717) is 0 Å². The molecular formula is C26H39N8+. The van der Waals surface area contributed by atoms with Crippen LogP contribution in [0.1, 0.15) is 17.5 Å². The molecule has 2 aromatic rings. The van der Waals surface area contributed by atoms with Crippen molar-refractivity contribution in [1.82, 2.24) is 24.7 Å². The highest BCUT2D eigenvalue weighted by molar-refractivity contribution is 5.73. The molecule has 0 aliphatic carbocycles. The van der Waals surface area contributed by atoms with Crippen molar-refractivity contribution in [3.8, 4) is 0 Å². The molecule has 3 aliphatic heterocycles. The van der Waals surface area contributed by atoms with E-state index in [1.54, 1.807) is 0 Å². The van der Waals surface area contributed by atoms with E-state index in [1.807, 2.05) is 18.5 Å². The Bertz CT molecular complexity index is 943. The first-order chi connectivity index (χ1) is 16.6. The van der Waals surface area contributed by atoms with Gasteiger partial charge in [0.15, 0.2) is 0 Å². The topological polar surface area (TPSA) is 51.1 Å². The number of rotatable bonds is 5. The van der Waals surface area contributed by atoms with Crippen molar-refractivity contribution < 1.29 is 4.48 Å². The van der Waals surface area contributed by atoms with Gasteiger partial charge in [-0.25, -0.2) is 15.0 Å². The first kappa shape index (κ1) is 23.2. The lowest BCUT2D eigenvalue weighted by atomic mass is 10.1. The van der Waals surface area contributed by atoms with Gasteiger partial charge in [-0.2, -0.15) is 0 Å². The lowest BCUT2D eigenvalue weighted by Gasteiger charge is -2.42. The van der Waals surface area contributed by atoms with Gasteiger partial charge in [-0.3, -0.25) is 14.3 Å². The van der Waals surface area contributed by atoms with E-state index >= 15 is 0 Å². The van der Waals surface area contributed by atoms with Crippen molar-refractivity contribution in [2.45, 2.75) is 19.5 Å². The van der Waals surface area contributed by atoms with Crippen LogP contribution in [-0.4, -0.2) is 115 Å². The molecule has 182 valence electrons. The fourth-order valence-electron chi connectivity index (χ4n) is 5.35. The number of aliphatic imine (C=N–C) groups is 1. The van der Waals surface area contributed by atoms with Crippen LogP contribution in [0.5, 0.6) is 0 Å². The Kier molecular flexibility index (Phi) is 7.08. The fraction of sp³-hybridized carbons (Fsp3) is 0.577. The van der Waals surface area contributed by atoms with Crippen molar-refractivity contribution in [3.05, 3.63) is 53.9 Å². The number of piperazine rings is 2. The molecule has 0 unspecified atom stereocenters. The van der Waals surface area contributed by atoms with Crippen molar-refractivity contribution in [3.63, 3.8) is 0 Å². The number of anilines is 1. The zero-order valence-electron chi connectivity index (χ0n) is 20.8. The van der Waals surface area contributed by atoms with Crippen LogP contribution in [0.2, 0.25) is 0 Å². The first-order valence-corrected chi connectivity index (χ1v) is 12.7. The third kappa shape index (κ3) is 5.56. The molecule has 0 spiro atoms. The first-order valence-electron chi connectivity index (χ1n) is 12.7. The zero-order valence-corrected chi connectivity index (χ0v) is 20.8. The summed E-state index contributed by atoms with van der Waals surface area (Å²) in [5.41, 5.74) is 2.81. The van der Waals surface area contributed by atoms with Gasteiger partial charge in [-0.05, 0) is 17.2 Å². The van der Waals surface area contributed by atoms with E-state index in [9.17, 15) is 0 Å². The van der Waals surface area contributed by atoms with Crippen LogP contribution >= 0.6 is 0 Å². The molecule has 1 aromatic heterocycles. The molecule has 1 aromatic carbocycles. The van der Waals surface area contributed by atoms with Crippen LogP contribution in [0.3, 0.4) is 0 Å². The number of aromatic nitrogens is 2. The van der Waals surface area contributed by atoms with Crippen molar-refractivity contribution in [2.75, 3.05) is 84.4 Å². The average Bonchev–Trinajstić information content (AvgIpc) is 2.87. The summed E-state index contributed by atoms with van der Waals surface area (Å²) in [6, 6.07) is 11.1. The maximum atomic E-state index is 4.88. The summed E-state index contributed by atoms with van der Waals surface area (Å²) in [6.45, 7) is 12.7. The number of benzene rings is 1. The monoisotopic (exact) mass is 463 g/mol. The van der Waals surface area contributed by atoms with Gasteiger partial charge in [0.05, 0.1) is 27.2 Å². The van der Waals surface area contributed by atoms with Crippen molar-refractivity contribution in [2.24, 2.45) is 4.99 Å². The lowest BCUT2D eigenvalue weighted by Crippen LogP contribution is -2.60. The van der Waals surface area contributed by atoms with Crippen molar-refractivity contribution in [1.29, 1.82) is 0 Å². The highest BCUT2D eigenvalue weighted by atomic mass is 15.5. The summed E-state index contributed by atoms with van der Waals surface area (Å²) in [5.74, 6) is 2.13. The smallest absolute Gasteiger partial charge is 0.299 e. The molecule has 8 nitrogen and oxygen atoms in total. The number of guanidine groups is 1. The van der Waals surface area contributed by atoms with Gasteiger partial charge in [0.1, 0.15) is 0 Å². The maximum Gasteiger partial charge on any atom is 0.299 e. The van der Waals surface area contributed by atoms with Gasteiger partial charge in [0.2, 0.25) is 5.95 Å². The molecule has 34 heavy (non-hydrogen) atoms. The van der Waals surface area contributed by atoms with E-state index < -0.39 is 0 Å². The molecule has 0 amide bonds. The normalized spacial score (nSPS) is 22.0. The van der Waals surface area contributed by atoms with Gasteiger partial charge in [0, 0.05) is 84.3 Å². The predicted molar refractivity (Wildman–Crippen MR) is 137 cm³/mol. The summed E-state index contributed by atoms with van der Waals surface area (Å²) < 4.78 is 0.927. The molecule has 2 fully saturated rings. The largest absolute Gasteiger partial charge is 0.338 e. The highest BCUT2D eigenvalue weighted by Gasteiger charge is 2.33. The number of hydrogen-bond acceptors (Lipinski definition) is 7. The standard InChI is InChI=1S/C26H39N8/c1-34(2)20-4-11-29-26(34)33-18-14-31(15-19-33)22-24-7-5-23(6-8-24)21-30-12-16-32(17-13-30)25-27-9-3-10-28-25/h3,5-10H,4,11-22H2,1-2H3/q+1.